The third kappa shape index (κ3) is 19.8. The molecule has 0 saturated carbocycles. The molecule has 0 bridgehead atoms. The van der Waals surface area contributed by atoms with Gasteiger partial charge in [0.05, 0.1) is 54.9 Å². The van der Waals surface area contributed by atoms with Crippen LogP contribution in [0.1, 0.15) is 322 Å². The molecule has 5 aromatic rings. The fourth-order valence-corrected chi connectivity index (χ4v) is 18.5. The van der Waals surface area contributed by atoms with Crippen LogP contribution >= 0.6 is 45.3 Å². The van der Waals surface area contributed by atoms with E-state index in [1.165, 1.54) is 184 Å². The second-order valence-electron chi connectivity index (χ2n) is 29.5. The first-order chi connectivity index (χ1) is 43.5. The van der Waals surface area contributed by atoms with Crippen molar-refractivity contribution in [2.45, 2.75) is 313 Å². The lowest BCUT2D eigenvalue weighted by atomic mass is 9.93. The second kappa shape index (κ2) is 37.0. The monoisotopic (exact) mass is 1300 g/mol. The predicted molar refractivity (Wildman–Crippen MR) is 398 cm³/mol. The zero-order valence-corrected chi connectivity index (χ0v) is 62.7. The fourth-order valence-electron chi connectivity index (χ4n) is 13.7. The molecule has 10 heteroatoms. The van der Waals surface area contributed by atoms with E-state index in [2.05, 4.69) is 143 Å². The molecular formula is C80H124N2O4S4. The first-order valence-corrected chi connectivity index (χ1v) is 40.4. The highest BCUT2D eigenvalue weighted by Crippen LogP contribution is 2.55. The molecule has 0 N–H and O–H groups in total. The summed E-state index contributed by atoms with van der Waals surface area (Å²) >= 11 is 7.35. The van der Waals surface area contributed by atoms with Gasteiger partial charge in [-0.15, -0.1) is 45.3 Å². The predicted octanol–water partition coefficient (Wildman–Crippen LogP) is 26.2. The molecule has 1 aromatic carbocycles. The van der Waals surface area contributed by atoms with E-state index in [9.17, 15) is 0 Å². The van der Waals surface area contributed by atoms with Crippen molar-refractivity contribution in [3.8, 4) is 21.3 Å². The van der Waals surface area contributed by atoms with Crippen LogP contribution in [-0.2, 0) is 20.4 Å². The van der Waals surface area contributed by atoms with E-state index in [4.69, 9.17) is 9.47 Å². The zero-order chi connectivity index (χ0) is 64.8. The summed E-state index contributed by atoms with van der Waals surface area (Å²) in [6.45, 7) is 34.9. The average Bonchev–Trinajstić information content (AvgIpc) is 1.57. The van der Waals surface area contributed by atoms with Gasteiger partial charge in [0.25, 0.3) is 11.8 Å². The first-order valence-electron chi connectivity index (χ1n) is 37.1. The number of unbranched alkanes of at least 4 members (excludes halogenated alkanes) is 18. The Morgan fingerprint density at radius 1 is 0.378 bits per heavy atom. The average molecular weight is 1310 g/mol. The third-order valence-electron chi connectivity index (χ3n) is 19.7. The number of rotatable bonds is 45. The van der Waals surface area contributed by atoms with Crippen LogP contribution < -0.4 is 9.47 Å². The molecule has 0 fully saturated rings. The molecule has 0 aliphatic carbocycles. The van der Waals surface area contributed by atoms with Crippen LogP contribution in [0.4, 0.5) is 0 Å². The minimum absolute atomic E-state index is 0.0266. The fraction of sp³-hybridized carbons (Fsp3) is 0.700. The summed E-state index contributed by atoms with van der Waals surface area (Å²) in [6.07, 6.45) is 38.4. The molecule has 0 radical (unpaired) electrons. The summed E-state index contributed by atoms with van der Waals surface area (Å²) in [5, 5.41) is 2.31. The van der Waals surface area contributed by atoms with E-state index in [1.807, 2.05) is 22.7 Å². The molecule has 2 aliphatic heterocycles. The van der Waals surface area contributed by atoms with Gasteiger partial charge in [-0.3, -0.25) is 9.59 Å². The number of nitrogens with zero attached hydrogens (tertiary/aromatic N) is 2. The highest BCUT2D eigenvalue weighted by atomic mass is 32.1. The molecule has 0 spiro atoms. The SMILES string of the molecule is CCCCCCCCC(CCCCCC)CN1C(=O)C2=C(c3ccc(C(C)(C)C)s3)N(CC(CCCCCC)CCCCCCCC)C(=O)C2=C1c1ccc(-c2cc3c(OCC(CC)CCCC)c(OCC(CC)CCCC)c4cc(C(C)(C)C)sc4c3s2)s1. The Morgan fingerprint density at radius 2 is 0.744 bits per heavy atom. The maximum Gasteiger partial charge on any atom is 0.261 e. The quantitative estimate of drug-likeness (QED) is 0.0365. The number of amides is 2. The summed E-state index contributed by atoms with van der Waals surface area (Å²) in [7, 11) is 0. The molecule has 2 aliphatic rings. The molecular weight excluding hydrogens is 1180 g/mol. The van der Waals surface area contributed by atoms with E-state index >= 15 is 9.59 Å². The van der Waals surface area contributed by atoms with E-state index < -0.39 is 0 Å². The van der Waals surface area contributed by atoms with Gasteiger partial charge in [0.15, 0.2) is 11.5 Å². The molecule has 0 saturated heterocycles. The highest BCUT2D eigenvalue weighted by Gasteiger charge is 2.50. The van der Waals surface area contributed by atoms with Gasteiger partial charge >= 0.3 is 0 Å². The molecule has 502 valence electrons. The number of fused-ring (bicyclic) bond motifs is 4. The van der Waals surface area contributed by atoms with E-state index in [0.29, 0.717) is 61.1 Å². The minimum Gasteiger partial charge on any atom is -0.489 e. The molecule has 2 amide bonds. The topological polar surface area (TPSA) is 59.1 Å². The van der Waals surface area contributed by atoms with Gasteiger partial charge in [-0.1, -0.05) is 264 Å². The van der Waals surface area contributed by atoms with Crippen molar-refractivity contribution < 1.29 is 19.1 Å². The smallest absolute Gasteiger partial charge is 0.261 e. The van der Waals surface area contributed by atoms with Gasteiger partial charge in [0.2, 0.25) is 0 Å². The van der Waals surface area contributed by atoms with Crippen LogP contribution in [0.25, 0.3) is 41.3 Å². The number of thiophene rings is 4. The molecule has 7 rings (SSSR count). The van der Waals surface area contributed by atoms with Crippen molar-refractivity contribution in [1.82, 2.24) is 9.80 Å². The molecule has 6 nitrogen and oxygen atoms in total. The number of hydrogen-bond acceptors (Lipinski definition) is 8. The number of hydrogen-bond donors (Lipinski definition) is 0. The molecule has 4 unspecified atom stereocenters. The lowest BCUT2D eigenvalue weighted by Crippen LogP contribution is -2.34. The van der Waals surface area contributed by atoms with Crippen molar-refractivity contribution in [2.75, 3.05) is 26.3 Å². The van der Waals surface area contributed by atoms with E-state index in [-0.39, 0.29) is 22.6 Å². The summed E-state index contributed by atoms with van der Waals surface area (Å²) < 4.78 is 17.0. The van der Waals surface area contributed by atoms with Crippen LogP contribution in [-0.4, -0.2) is 47.9 Å². The number of carbonyl (C=O) groups excluding carboxylic acids is 2. The standard InChI is InChI=1S/C80H124N2O4S4/c1-15-23-29-33-35-39-45-59(43-37-31-25-17-3)53-81-71(69-70(78(81)84)72(65-49-50-67(88-65)79(9,10)11)82(77(69)83)54-60(44-38-32-26-18-4)46-40-36-34-30-24-16-2)64-48-47-63(87-64)66-51-61-73(85-55-57(21-7)41-27-19-5)74(86-56-58(22-8)42-28-20-6)62-52-68(80(12,13)14)90-76(62)75(61)89-66/h47-52,57-60H,15-46,53-56H2,1-14H3. The Labute approximate surface area is 565 Å². The largest absolute Gasteiger partial charge is 0.489 e. The Kier molecular flexibility index (Phi) is 30.4. The summed E-state index contributed by atoms with van der Waals surface area (Å²) in [6, 6.07) is 13.9. The Hall–Kier alpha value is -3.44. The Balaban J connectivity index is 1.41. The van der Waals surface area contributed by atoms with Crippen molar-refractivity contribution in [3.05, 3.63) is 67.1 Å². The maximum absolute atomic E-state index is 16.3. The second-order valence-corrected chi connectivity index (χ2v) is 33.7. The lowest BCUT2D eigenvalue weighted by molar-refractivity contribution is -0.124. The summed E-state index contributed by atoms with van der Waals surface area (Å²) in [5.74, 6) is 3.50. The lowest BCUT2D eigenvalue weighted by Gasteiger charge is -2.29. The van der Waals surface area contributed by atoms with Gasteiger partial charge in [-0.25, -0.2) is 0 Å². The minimum atomic E-state index is -0.0667. The third-order valence-corrected chi connectivity index (χ3v) is 25.4. The van der Waals surface area contributed by atoms with Gasteiger partial charge in [0, 0.05) is 43.4 Å². The summed E-state index contributed by atoms with van der Waals surface area (Å²) in [4.78, 5) is 43.9. The van der Waals surface area contributed by atoms with Gasteiger partial charge in [-0.05, 0) is 109 Å². The maximum atomic E-state index is 16.3. The van der Waals surface area contributed by atoms with E-state index in [0.717, 1.165) is 94.3 Å². The normalized spacial score (nSPS) is 15.4. The Morgan fingerprint density at radius 3 is 1.17 bits per heavy atom. The van der Waals surface area contributed by atoms with Gasteiger partial charge < -0.3 is 19.3 Å². The van der Waals surface area contributed by atoms with Crippen LogP contribution in [0.5, 0.6) is 11.5 Å². The number of benzene rings is 1. The van der Waals surface area contributed by atoms with Gasteiger partial charge in [-0.2, -0.15) is 0 Å². The van der Waals surface area contributed by atoms with Crippen LogP contribution in [0.3, 0.4) is 0 Å². The number of carbonyl (C=O) groups is 2. The van der Waals surface area contributed by atoms with Crippen LogP contribution in [0, 0.1) is 23.7 Å². The van der Waals surface area contributed by atoms with Crippen molar-refractivity contribution in [1.29, 1.82) is 0 Å². The van der Waals surface area contributed by atoms with Crippen molar-refractivity contribution in [2.24, 2.45) is 23.7 Å². The summed E-state index contributed by atoms with van der Waals surface area (Å²) in [5.41, 5.74) is 2.91. The van der Waals surface area contributed by atoms with E-state index in [1.54, 1.807) is 22.7 Å². The highest BCUT2D eigenvalue weighted by molar-refractivity contribution is 7.30. The molecule has 6 heterocycles. The van der Waals surface area contributed by atoms with Crippen molar-refractivity contribution >= 4 is 88.7 Å². The first kappa shape index (κ1) is 74.0. The number of ether oxygens (including phenoxy) is 2. The van der Waals surface area contributed by atoms with Gasteiger partial charge in [0.1, 0.15) is 0 Å². The molecule has 90 heavy (non-hydrogen) atoms. The van der Waals surface area contributed by atoms with Crippen LogP contribution in [0.15, 0.2) is 47.5 Å². The molecule has 4 aromatic heterocycles. The zero-order valence-electron chi connectivity index (χ0n) is 59.4. The molecule has 4 atom stereocenters. The Bertz CT molecular complexity index is 3040. The van der Waals surface area contributed by atoms with Crippen LogP contribution in [0.2, 0.25) is 0 Å². The van der Waals surface area contributed by atoms with Crippen molar-refractivity contribution in [3.63, 3.8) is 0 Å².